The molecule has 5 nitrogen and oxygen atoms in total. The van der Waals surface area contributed by atoms with Crippen molar-refractivity contribution in [3.05, 3.63) is 34.9 Å². The maximum atomic E-state index is 11.9. The Labute approximate surface area is 144 Å². The van der Waals surface area contributed by atoms with Crippen LogP contribution in [-0.4, -0.2) is 44.5 Å². The Hall–Kier alpha value is -1.11. The van der Waals surface area contributed by atoms with Crippen LogP contribution >= 0.6 is 11.6 Å². The number of hydrogen-bond donors (Lipinski definition) is 1. The van der Waals surface area contributed by atoms with E-state index < -0.39 is 10.0 Å². The van der Waals surface area contributed by atoms with Gasteiger partial charge in [-0.3, -0.25) is 4.79 Å². The molecule has 0 spiro atoms. The minimum atomic E-state index is -3.25. The summed E-state index contributed by atoms with van der Waals surface area (Å²) in [5.41, 5.74) is 0.867. The molecule has 7 heteroatoms. The van der Waals surface area contributed by atoms with E-state index in [0.717, 1.165) is 12.0 Å². The van der Waals surface area contributed by atoms with Crippen LogP contribution in [0.2, 0.25) is 5.02 Å². The van der Waals surface area contributed by atoms with Crippen LogP contribution in [0.3, 0.4) is 0 Å². The molecule has 1 rings (SSSR count). The normalized spacial score (nSPS) is 11.9. The van der Waals surface area contributed by atoms with Gasteiger partial charge in [0, 0.05) is 24.7 Å². The second-order valence-electron chi connectivity index (χ2n) is 6.00. The van der Waals surface area contributed by atoms with Gasteiger partial charge in [0.2, 0.25) is 15.9 Å². The first-order chi connectivity index (χ1) is 10.7. The summed E-state index contributed by atoms with van der Waals surface area (Å²) >= 11 is 5.80. The van der Waals surface area contributed by atoms with Crippen LogP contribution < -0.4 is 5.32 Å². The van der Waals surface area contributed by atoms with E-state index in [0.29, 0.717) is 24.0 Å². The van der Waals surface area contributed by atoms with Gasteiger partial charge in [-0.25, -0.2) is 12.7 Å². The molecule has 1 aromatic carbocycles. The maximum absolute atomic E-state index is 11.9. The van der Waals surface area contributed by atoms with Gasteiger partial charge in [-0.05, 0) is 30.0 Å². The van der Waals surface area contributed by atoms with Gasteiger partial charge in [0.15, 0.2) is 0 Å². The molecule has 130 valence electrons. The third kappa shape index (κ3) is 8.34. The highest BCUT2D eigenvalue weighted by Crippen LogP contribution is 2.10. The predicted molar refractivity (Wildman–Crippen MR) is 94.0 cm³/mol. The summed E-state index contributed by atoms with van der Waals surface area (Å²) in [7, 11) is -3.25. The van der Waals surface area contributed by atoms with E-state index in [4.69, 9.17) is 11.6 Å². The highest BCUT2D eigenvalue weighted by Gasteiger charge is 2.16. The zero-order valence-corrected chi connectivity index (χ0v) is 15.5. The van der Waals surface area contributed by atoms with Crippen molar-refractivity contribution in [2.24, 2.45) is 5.92 Å². The molecule has 1 amide bonds. The number of carbonyl (C=O) groups excluding carboxylic acids is 1. The molecule has 0 unspecified atom stereocenters. The fourth-order valence-electron chi connectivity index (χ4n) is 2.02. The Morgan fingerprint density at radius 2 is 1.83 bits per heavy atom. The Balaban J connectivity index is 2.42. The second-order valence-corrected chi connectivity index (χ2v) is 8.42. The average molecular weight is 361 g/mol. The summed E-state index contributed by atoms with van der Waals surface area (Å²) in [6.45, 7) is 5.17. The van der Waals surface area contributed by atoms with Gasteiger partial charge < -0.3 is 5.32 Å². The lowest BCUT2D eigenvalue weighted by molar-refractivity contribution is -0.120. The van der Waals surface area contributed by atoms with Crippen molar-refractivity contribution in [2.75, 3.05) is 25.9 Å². The monoisotopic (exact) mass is 360 g/mol. The zero-order valence-electron chi connectivity index (χ0n) is 13.9. The van der Waals surface area contributed by atoms with Crippen LogP contribution in [0.4, 0.5) is 0 Å². The van der Waals surface area contributed by atoms with E-state index in [9.17, 15) is 13.2 Å². The number of carbonyl (C=O) groups is 1. The standard InChI is InChI=1S/C16H25ClN2O3S/c1-13(2)8-10-19(23(3,21)22)11-9-18-16(20)12-14-4-6-15(17)7-5-14/h4-7,13H,8-12H2,1-3H3,(H,18,20). The molecule has 0 aliphatic carbocycles. The third-order valence-electron chi connectivity index (χ3n) is 3.39. The number of nitrogens with zero attached hydrogens (tertiary/aromatic N) is 1. The molecule has 0 bridgehead atoms. The van der Waals surface area contributed by atoms with Crippen molar-refractivity contribution < 1.29 is 13.2 Å². The van der Waals surface area contributed by atoms with Crippen LogP contribution in [0.1, 0.15) is 25.8 Å². The molecule has 0 atom stereocenters. The number of amides is 1. The minimum Gasteiger partial charge on any atom is -0.354 e. The van der Waals surface area contributed by atoms with Crippen molar-refractivity contribution >= 4 is 27.5 Å². The quantitative estimate of drug-likeness (QED) is 0.734. The van der Waals surface area contributed by atoms with Crippen LogP contribution in [0.25, 0.3) is 0 Å². The number of rotatable bonds is 9. The maximum Gasteiger partial charge on any atom is 0.224 e. The molecular weight excluding hydrogens is 336 g/mol. The van der Waals surface area contributed by atoms with Gasteiger partial charge in [-0.2, -0.15) is 0 Å². The van der Waals surface area contributed by atoms with Crippen molar-refractivity contribution in [3.63, 3.8) is 0 Å². The van der Waals surface area contributed by atoms with E-state index in [-0.39, 0.29) is 18.9 Å². The molecule has 1 N–H and O–H groups in total. The molecular formula is C16H25ClN2O3S. The number of sulfonamides is 1. The van der Waals surface area contributed by atoms with Crippen LogP contribution in [-0.2, 0) is 21.2 Å². The fraction of sp³-hybridized carbons (Fsp3) is 0.562. The van der Waals surface area contributed by atoms with Gasteiger partial charge in [-0.15, -0.1) is 0 Å². The average Bonchev–Trinajstić information content (AvgIpc) is 2.43. The fourth-order valence-corrected chi connectivity index (χ4v) is 3.00. The summed E-state index contributed by atoms with van der Waals surface area (Å²) in [4.78, 5) is 11.9. The van der Waals surface area contributed by atoms with Crippen molar-refractivity contribution in [1.29, 1.82) is 0 Å². The number of hydrogen-bond acceptors (Lipinski definition) is 3. The summed E-state index contributed by atoms with van der Waals surface area (Å²) < 4.78 is 24.9. The number of halogens is 1. The molecule has 0 aliphatic rings. The molecule has 0 aliphatic heterocycles. The molecule has 0 aromatic heterocycles. The Bertz CT molecular complexity index is 600. The van der Waals surface area contributed by atoms with E-state index in [1.165, 1.54) is 10.6 Å². The van der Waals surface area contributed by atoms with Crippen LogP contribution in [0.15, 0.2) is 24.3 Å². The number of benzene rings is 1. The molecule has 1 aromatic rings. The highest BCUT2D eigenvalue weighted by atomic mass is 35.5. The third-order valence-corrected chi connectivity index (χ3v) is 4.94. The molecule has 0 saturated heterocycles. The Kier molecular flexibility index (Phi) is 8.02. The van der Waals surface area contributed by atoms with Crippen molar-refractivity contribution in [1.82, 2.24) is 9.62 Å². The smallest absolute Gasteiger partial charge is 0.224 e. The van der Waals surface area contributed by atoms with Gasteiger partial charge in [-0.1, -0.05) is 37.6 Å². The first-order valence-electron chi connectivity index (χ1n) is 7.64. The summed E-state index contributed by atoms with van der Waals surface area (Å²) in [5.74, 6) is 0.295. The van der Waals surface area contributed by atoms with E-state index >= 15 is 0 Å². The van der Waals surface area contributed by atoms with E-state index in [1.807, 2.05) is 13.8 Å². The summed E-state index contributed by atoms with van der Waals surface area (Å²) in [6.07, 6.45) is 2.25. The second kappa shape index (κ2) is 9.25. The van der Waals surface area contributed by atoms with E-state index in [1.54, 1.807) is 24.3 Å². The summed E-state index contributed by atoms with van der Waals surface area (Å²) in [6, 6.07) is 7.07. The van der Waals surface area contributed by atoms with Crippen LogP contribution in [0, 0.1) is 5.92 Å². The van der Waals surface area contributed by atoms with Crippen molar-refractivity contribution in [3.8, 4) is 0 Å². The highest BCUT2D eigenvalue weighted by molar-refractivity contribution is 7.88. The molecule has 0 heterocycles. The SMILES string of the molecule is CC(C)CCN(CCNC(=O)Cc1ccc(Cl)cc1)S(C)(=O)=O. The first-order valence-corrected chi connectivity index (χ1v) is 9.87. The van der Waals surface area contributed by atoms with Crippen molar-refractivity contribution in [2.45, 2.75) is 26.7 Å². The molecule has 0 saturated carbocycles. The van der Waals surface area contributed by atoms with Crippen LogP contribution in [0.5, 0.6) is 0 Å². The molecule has 23 heavy (non-hydrogen) atoms. The lowest BCUT2D eigenvalue weighted by Gasteiger charge is -2.21. The summed E-state index contributed by atoms with van der Waals surface area (Å²) in [5, 5.41) is 3.39. The predicted octanol–water partition coefficient (Wildman–Crippen LogP) is 2.31. The molecule has 0 fully saturated rings. The van der Waals surface area contributed by atoms with Gasteiger partial charge in [0.1, 0.15) is 0 Å². The number of nitrogens with one attached hydrogen (secondary N) is 1. The largest absolute Gasteiger partial charge is 0.354 e. The topological polar surface area (TPSA) is 66.5 Å². The zero-order chi connectivity index (χ0) is 17.5. The van der Waals surface area contributed by atoms with E-state index in [2.05, 4.69) is 5.32 Å². The van der Waals surface area contributed by atoms with Gasteiger partial charge in [0.05, 0.1) is 12.7 Å². The molecule has 0 radical (unpaired) electrons. The minimum absolute atomic E-state index is 0.135. The Morgan fingerprint density at radius 3 is 2.35 bits per heavy atom. The van der Waals surface area contributed by atoms with Gasteiger partial charge >= 0.3 is 0 Å². The first kappa shape index (κ1) is 19.9. The van der Waals surface area contributed by atoms with Gasteiger partial charge in [0.25, 0.3) is 0 Å². The Morgan fingerprint density at radius 1 is 1.22 bits per heavy atom. The lowest BCUT2D eigenvalue weighted by Crippen LogP contribution is -2.39. The lowest BCUT2D eigenvalue weighted by atomic mass is 10.1.